The summed E-state index contributed by atoms with van der Waals surface area (Å²) in [4.78, 5) is 12.0. The third-order valence-electron chi connectivity index (χ3n) is 2.19. The van der Waals surface area contributed by atoms with E-state index in [1.807, 2.05) is 6.92 Å². The second kappa shape index (κ2) is 4.66. The Morgan fingerprint density at radius 3 is 2.94 bits per heavy atom. The lowest BCUT2D eigenvalue weighted by Gasteiger charge is -2.04. The number of carbonyl (C=O) groups is 1. The van der Waals surface area contributed by atoms with Crippen LogP contribution in [0.5, 0.6) is 0 Å². The van der Waals surface area contributed by atoms with Crippen molar-refractivity contribution >= 4 is 27.7 Å². The minimum atomic E-state index is -0.310. The van der Waals surface area contributed by atoms with Gasteiger partial charge in [0, 0.05) is 6.54 Å². The third kappa shape index (κ3) is 2.21. The summed E-state index contributed by atoms with van der Waals surface area (Å²) in [6, 6.07) is 0. The van der Waals surface area contributed by atoms with Gasteiger partial charge in [-0.25, -0.2) is 4.63 Å². The molecule has 0 saturated heterocycles. The van der Waals surface area contributed by atoms with Crippen LogP contribution in [0.15, 0.2) is 15.3 Å². The number of hydrogen-bond acceptors (Lipinski definition) is 5. The van der Waals surface area contributed by atoms with Gasteiger partial charge in [0.15, 0.2) is 0 Å². The summed E-state index contributed by atoms with van der Waals surface area (Å²) in [5.41, 5.74) is 0.965. The second-order valence-corrected chi connectivity index (χ2v) is 4.16. The normalized spacial score (nSPS) is 10.5. The number of nitrogens with one attached hydrogen (secondary N) is 1. The molecule has 0 radical (unpaired) electrons. The highest BCUT2D eigenvalue weighted by molar-refractivity contribution is 9.10. The highest BCUT2D eigenvalue weighted by Crippen LogP contribution is 2.18. The number of rotatable bonds is 3. The van der Waals surface area contributed by atoms with Gasteiger partial charge in [0.05, 0.1) is 10.7 Å². The molecule has 2 rings (SSSR count). The molecule has 90 valence electrons. The van der Waals surface area contributed by atoms with E-state index in [1.54, 1.807) is 17.8 Å². The summed E-state index contributed by atoms with van der Waals surface area (Å²) in [5, 5.41) is 13.8. The van der Waals surface area contributed by atoms with Gasteiger partial charge in [-0.1, -0.05) is 5.16 Å². The molecule has 1 N–H and O–H groups in total. The summed E-state index contributed by atoms with van der Waals surface area (Å²) in [7, 11) is 0. The van der Waals surface area contributed by atoms with E-state index >= 15 is 0 Å². The fourth-order valence-corrected chi connectivity index (χ4v) is 1.82. The van der Waals surface area contributed by atoms with E-state index in [4.69, 9.17) is 0 Å². The van der Waals surface area contributed by atoms with E-state index in [1.165, 1.54) is 0 Å². The Bertz CT molecular complexity index is 547. The molecular formula is C9H10BrN5O2. The van der Waals surface area contributed by atoms with E-state index < -0.39 is 0 Å². The molecule has 2 aromatic heterocycles. The molecule has 0 aliphatic carbocycles. The number of aromatic nitrogens is 4. The van der Waals surface area contributed by atoms with Crippen LogP contribution in [0.25, 0.3) is 0 Å². The van der Waals surface area contributed by atoms with Gasteiger partial charge in [0.25, 0.3) is 5.91 Å². The summed E-state index contributed by atoms with van der Waals surface area (Å²) >= 11 is 3.28. The Balaban J connectivity index is 2.26. The minimum absolute atomic E-state index is 0.310. The average Bonchev–Trinajstić information content (AvgIpc) is 2.85. The first kappa shape index (κ1) is 11.8. The number of nitrogens with zero attached hydrogens (tertiary/aromatic N) is 4. The van der Waals surface area contributed by atoms with Crippen LogP contribution in [0.2, 0.25) is 0 Å². The Kier molecular flexibility index (Phi) is 3.23. The monoisotopic (exact) mass is 299 g/mol. The molecule has 0 aliphatic heterocycles. The van der Waals surface area contributed by atoms with E-state index in [0.717, 1.165) is 0 Å². The zero-order valence-electron chi connectivity index (χ0n) is 9.27. The van der Waals surface area contributed by atoms with Crippen LogP contribution < -0.4 is 5.32 Å². The second-order valence-electron chi connectivity index (χ2n) is 3.31. The van der Waals surface area contributed by atoms with Gasteiger partial charge in [-0.3, -0.25) is 9.48 Å². The molecule has 0 atom stereocenters. The van der Waals surface area contributed by atoms with Crippen molar-refractivity contribution in [3.63, 3.8) is 0 Å². The van der Waals surface area contributed by atoms with Crippen LogP contribution in [-0.4, -0.2) is 26.0 Å². The van der Waals surface area contributed by atoms with Crippen molar-refractivity contribution < 1.29 is 9.42 Å². The Morgan fingerprint density at radius 2 is 2.35 bits per heavy atom. The largest absolute Gasteiger partial charge is 0.301 e. The van der Waals surface area contributed by atoms with Gasteiger partial charge in [-0.05, 0) is 34.9 Å². The van der Waals surface area contributed by atoms with E-state index in [9.17, 15) is 4.79 Å². The van der Waals surface area contributed by atoms with E-state index in [0.29, 0.717) is 28.2 Å². The van der Waals surface area contributed by atoms with Crippen LogP contribution in [0.4, 0.5) is 5.82 Å². The van der Waals surface area contributed by atoms with Crippen LogP contribution in [-0.2, 0) is 6.54 Å². The predicted octanol–water partition coefficient (Wildman–Crippen LogP) is 1.61. The van der Waals surface area contributed by atoms with Crippen molar-refractivity contribution in [2.45, 2.75) is 20.4 Å². The zero-order chi connectivity index (χ0) is 12.4. The molecule has 0 aliphatic rings. The van der Waals surface area contributed by atoms with Crippen LogP contribution in [0.3, 0.4) is 0 Å². The number of anilines is 1. The highest BCUT2D eigenvalue weighted by Gasteiger charge is 2.18. The lowest BCUT2D eigenvalue weighted by molar-refractivity contribution is 0.101. The number of aryl methyl sites for hydroxylation is 2. The van der Waals surface area contributed by atoms with Crippen molar-refractivity contribution in [1.82, 2.24) is 20.1 Å². The number of halogens is 1. The summed E-state index contributed by atoms with van der Waals surface area (Å²) in [5.74, 6) is 0.000720. The molecule has 0 saturated carbocycles. The molecule has 2 aromatic rings. The fourth-order valence-electron chi connectivity index (χ4n) is 1.34. The smallest absolute Gasteiger partial charge is 0.276 e. The molecule has 0 spiro atoms. The van der Waals surface area contributed by atoms with Gasteiger partial charge in [-0.2, -0.15) is 5.10 Å². The van der Waals surface area contributed by atoms with E-state index in [2.05, 4.69) is 41.3 Å². The molecule has 17 heavy (non-hydrogen) atoms. The molecule has 1 amide bonds. The van der Waals surface area contributed by atoms with Crippen LogP contribution >= 0.6 is 15.9 Å². The van der Waals surface area contributed by atoms with Gasteiger partial charge in [0.2, 0.25) is 5.82 Å². The molecule has 2 heterocycles. The molecule has 0 fully saturated rings. The van der Waals surface area contributed by atoms with Crippen LogP contribution in [0, 0.1) is 6.92 Å². The molecule has 7 nitrogen and oxygen atoms in total. The number of carbonyl (C=O) groups excluding carboxylic acids is 1. The maximum atomic E-state index is 12.0. The van der Waals surface area contributed by atoms with Crippen molar-refractivity contribution in [3.05, 3.63) is 22.1 Å². The lowest BCUT2D eigenvalue weighted by atomic mass is 10.3. The number of hydrogen-bond donors (Lipinski definition) is 1. The highest BCUT2D eigenvalue weighted by atomic mass is 79.9. The minimum Gasteiger partial charge on any atom is -0.301 e. The Hall–Kier alpha value is -1.70. The topological polar surface area (TPSA) is 85.8 Å². The first-order chi connectivity index (χ1) is 8.13. The average molecular weight is 300 g/mol. The van der Waals surface area contributed by atoms with Gasteiger partial charge in [0.1, 0.15) is 11.4 Å². The summed E-state index contributed by atoms with van der Waals surface area (Å²) < 4.78 is 6.72. The molecule has 0 bridgehead atoms. The SMILES string of the molecule is CCn1ncc(Br)c1C(=O)Nc1nonc1C. The molecule has 8 heteroatoms. The zero-order valence-corrected chi connectivity index (χ0v) is 10.9. The third-order valence-corrected chi connectivity index (χ3v) is 2.77. The summed E-state index contributed by atoms with van der Waals surface area (Å²) in [6.07, 6.45) is 1.58. The summed E-state index contributed by atoms with van der Waals surface area (Å²) in [6.45, 7) is 4.20. The Labute approximate surface area is 105 Å². The van der Waals surface area contributed by atoms with Crippen molar-refractivity contribution in [3.8, 4) is 0 Å². The first-order valence-corrected chi connectivity index (χ1v) is 5.74. The van der Waals surface area contributed by atoms with Gasteiger partial charge < -0.3 is 5.32 Å². The maximum Gasteiger partial charge on any atom is 0.276 e. The quantitative estimate of drug-likeness (QED) is 0.930. The molecular weight excluding hydrogens is 290 g/mol. The van der Waals surface area contributed by atoms with Crippen molar-refractivity contribution in [1.29, 1.82) is 0 Å². The molecule has 0 aromatic carbocycles. The van der Waals surface area contributed by atoms with Gasteiger partial charge in [-0.15, -0.1) is 0 Å². The first-order valence-electron chi connectivity index (χ1n) is 4.95. The van der Waals surface area contributed by atoms with Crippen LogP contribution in [0.1, 0.15) is 23.1 Å². The van der Waals surface area contributed by atoms with Gasteiger partial charge >= 0.3 is 0 Å². The van der Waals surface area contributed by atoms with Crippen molar-refractivity contribution in [2.24, 2.45) is 0 Å². The predicted molar refractivity (Wildman–Crippen MR) is 62.6 cm³/mol. The maximum absolute atomic E-state index is 12.0. The lowest BCUT2D eigenvalue weighted by Crippen LogP contribution is -2.18. The number of amides is 1. The Morgan fingerprint density at radius 1 is 1.59 bits per heavy atom. The molecule has 0 unspecified atom stereocenters. The van der Waals surface area contributed by atoms with E-state index in [-0.39, 0.29) is 5.91 Å². The fraction of sp³-hybridized carbons (Fsp3) is 0.333. The standard InChI is InChI=1S/C9H10BrN5O2/c1-3-15-7(6(10)4-11-15)9(16)12-8-5(2)13-17-14-8/h4H,3H2,1-2H3,(H,12,14,16). The van der Waals surface area contributed by atoms with Crippen molar-refractivity contribution in [2.75, 3.05) is 5.32 Å².